The highest BCUT2D eigenvalue weighted by Gasteiger charge is 2.02. The molecule has 14 heavy (non-hydrogen) atoms. The van der Waals surface area contributed by atoms with Gasteiger partial charge in [-0.1, -0.05) is 19.1 Å². The number of likely N-dealkylation sites (N-methyl/N-ethyl adjacent to an activating group) is 1. The van der Waals surface area contributed by atoms with Crippen molar-refractivity contribution >= 4 is 5.69 Å². The van der Waals surface area contributed by atoms with Gasteiger partial charge in [0, 0.05) is 25.3 Å². The molecule has 0 heterocycles. The summed E-state index contributed by atoms with van der Waals surface area (Å²) in [7, 11) is 2.07. The molecule has 78 valence electrons. The van der Waals surface area contributed by atoms with Crippen LogP contribution in [-0.2, 0) is 6.42 Å². The monoisotopic (exact) mass is 192 g/mol. The Bertz CT molecular complexity index is 264. The zero-order valence-electron chi connectivity index (χ0n) is 9.33. The summed E-state index contributed by atoms with van der Waals surface area (Å²) < 4.78 is 0. The number of nitrogens with zero attached hydrogens (tertiary/aromatic N) is 1. The molecule has 2 nitrogen and oxygen atoms in total. The quantitative estimate of drug-likeness (QED) is 0.791. The molecule has 0 unspecified atom stereocenters. The largest absolute Gasteiger partial charge is 0.373 e. The lowest BCUT2D eigenvalue weighted by molar-refractivity contribution is 0.717. The van der Waals surface area contributed by atoms with Gasteiger partial charge >= 0.3 is 0 Å². The fourth-order valence-corrected chi connectivity index (χ4v) is 1.52. The molecule has 1 rings (SSSR count). The van der Waals surface area contributed by atoms with Gasteiger partial charge < -0.3 is 10.6 Å². The van der Waals surface area contributed by atoms with E-state index in [0.29, 0.717) is 0 Å². The third-order valence-corrected chi connectivity index (χ3v) is 2.35. The van der Waals surface area contributed by atoms with Gasteiger partial charge in [0.2, 0.25) is 0 Å². The maximum atomic E-state index is 5.75. The number of nitrogens with two attached hydrogens (primary N) is 1. The first-order valence-corrected chi connectivity index (χ1v) is 5.19. The second kappa shape index (κ2) is 5.01. The number of benzene rings is 1. The number of hydrogen-bond acceptors (Lipinski definition) is 2. The summed E-state index contributed by atoms with van der Waals surface area (Å²) in [4.78, 5) is 2.18. The number of hydrogen-bond donors (Lipinski definition) is 1. The van der Waals surface area contributed by atoms with Gasteiger partial charge in [0.25, 0.3) is 0 Å². The van der Waals surface area contributed by atoms with Crippen molar-refractivity contribution in [3.63, 3.8) is 0 Å². The van der Waals surface area contributed by atoms with E-state index >= 15 is 0 Å². The summed E-state index contributed by atoms with van der Waals surface area (Å²) >= 11 is 0. The summed E-state index contributed by atoms with van der Waals surface area (Å²) in [6, 6.07) is 8.87. The average molecular weight is 192 g/mol. The number of rotatable bonds is 4. The highest BCUT2D eigenvalue weighted by atomic mass is 15.1. The van der Waals surface area contributed by atoms with Gasteiger partial charge in [0.15, 0.2) is 0 Å². The minimum Gasteiger partial charge on any atom is -0.373 e. The topological polar surface area (TPSA) is 29.3 Å². The predicted molar refractivity (Wildman–Crippen MR) is 62.7 cm³/mol. The van der Waals surface area contributed by atoms with Gasteiger partial charge in [0.05, 0.1) is 0 Å². The lowest BCUT2D eigenvalue weighted by Crippen LogP contribution is -2.32. The lowest BCUT2D eigenvalue weighted by Gasteiger charge is -2.21. The predicted octanol–water partition coefficient (Wildman–Crippen LogP) is 2.03. The minimum atomic E-state index is 0.214. The maximum absolute atomic E-state index is 5.75. The van der Waals surface area contributed by atoms with E-state index in [1.807, 2.05) is 6.92 Å². The molecule has 2 heteroatoms. The van der Waals surface area contributed by atoms with Crippen LogP contribution in [0.3, 0.4) is 0 Å². The van der Waals surface area contributed by atoms with Crippen molar-refractivity contribution in [1.82, 2.24) is 0 Å². The van der Waals surface area contributed by atoms with E-state index in [1.165, 1.54) is 11.3 Å². The standard InChI is InChI=1S/C12H20N2/c1-4-11-5-7-12(8-6-11)14(3)9-10(2)13/h5-8,10H,4,9,13H2,1-3H3/t10-/m0/s1. The summed E-state index contributed by atoms with van der Waals surface area (Å²) in [6.45, 7) is 5.09. The number of aryl methyl sites for hydroxylation is 1. The summed E-state index contributed by atoms with van der Waals surface area (Å²) in [6.07, 6.45) is 1.09. The van der Waals surface area contributed by atoms with Crippen molar-refractivity contribution < 1.29 is 0 Å². The van der Waals surface area contributed by atoms with Crippen LogP contribution in [0.1, 0.15) is 19.4 Å². The maximum Gasteiger partial charge on any atom is 0.0364 e. The molecular weight excluding hydrogens is 172 g/mol. The molecule has 1 aromatic rings. The van der Waals surface area contributed by atoms with Crippen LogP contribution in [0.5, 0.6) is 0 Å². The molecule has 0 amide bonds. The Morgan fingerprint density at radius 3 is 2.29 bits per heavy atom. The molecule has 1 aromatic carbocycles. The van der Waals surface area contributed by atoms with Crippen LogP contribution < -0.4 is 10.6 Å². The zero-order valence-corrected chi connectivity index (χ0v) is 9.33. The smallest absolute Gasteiger partial charge is 0.0364 e. The lowest BCUT2D eigenvalue weighted by atomic mass is 10.1. The molecule has 2 N–H and O–H groups in total. The fourth-order valence-electron chi connectivity index (χ4n) is 1.52. The molecule has 0 saturated heterocycles. The summed E-state index contributed by atoms with van der Waals surface area (Å²) in [5, 5.41) is 0. The molecule has 1 atom stereocenters. The second-order valence-corrected chi connectivity index (χ2v) is 3.88. The van der Waals surface area contributed by atoms with Crippen LogP contribution >= 0.6 is 0 Å². The molecule has 0 aliphatic rings. The Hall–Kier alpha value is -1.02. The van der Waals surface area contributed by atoms with Crippen LogP contribution in [-0.4, -0.2) is 19.6 Å². The van der Waals surface area contributed by atoms with Crippen molar-refractivity contribution in [3.8, 4) is 0 Å². The van der Waals surface area contributed by atoms with Gasteiger partial charge in [-0.15, -0.1) is 0 Å². The molecule has 0 aliphatic carbocycles. The third kappa shape index (κ3) is 3.04. The highest BCUT2D eigenvalue weighted by molar-refractivity contribution is 5.46. The van der Waals surface area contributed by atoms with Gasteiger partial charge in [-0.25, -0.2) is 0 Å². The molecule has 0 spiro atoms. The Morgan fingerprint density at radius 1 is 1.29 bits per heavy atom. The highest BCUT2D eigenvalue weighted by Crippen LogP contribution is 2.13. The Morgan fingerprint density at radius 2 is 1.86 bits per heavy atom. The van der Waals surface area contributed by atoms with E-state index in [4.69, 9.17) is 5.73 Å². The summed E-state index contributed by atoms with van der Waals surface area (Å²) in [5.74, 6) is 0. The van der Waals surface area contributed by atoms with Gasteiger partial charge in [-0.3, -0.25) is 0 Å². The Labute approximate surface area is 86.7 Å². The fraction of sp³-hybridized carbons (Fsp3) is 0.500. The van der Waals surface area contributed by atoms with E-state index in [2.05, 4.69) is 43.1 Å². The zero-order chi connectivity index (χ0) is 10.6. The molecular formula is C12H20N2. The van der Waals surface area contributed by atoms with Gasteiger partial charge in [-0.2, -0.15) is 0 Å². The van der Waals surface area contributed by atoms with E-state index < -0.39 is 0 Å². The molecule has 0 aromatic heterocycles. The first kappa shape index (κ1) is 11.1. The normalized spacial score (nSPS) is 12.6. The van der Waals surface area contributed by atoms with Gasteiger partial charge in [0.1, 0.15) is 0 Å². The number of anilines is 1. The van der Waals surface area contributed by atoms with E-state index in [0.717, 1.165) is 13.0 Å². The van der Waals surface area contributed by atoms with Crippen LogP contribution in [0.2, 0.25) is 0 Å². The minimum absolute atomic E-state index is 0.214. The molecule has 0 radical (unpaired) electrons. The van der Waals surface area contributed by atoms with Crippen molar-refractivity contribution in [2.75, 3.05) is 18.5 Å². The van der Waals surface area contributed by atoms with Crippen LogP contribution in [0.4, 0.5) is 5.69 Å². The van der Waals surface area contributed by atoms with Crippen LogP contribution in [0.25, 0.3) is 0 Å². The summed E-state index contributed by atoms with van der Waals surface area (Å²) in [5.41, 5.74) is 8.36. The van der Waals surface area contributed by atoms with Crippen molar-refractivity contribution in [1.29, 1.82) is 0 Å². The average Bonchev–Trinajstić information content (AvgIpc) is 2.17. The van der Waals surface area contributed by atoms with Crippen molar-refractivity contribution in [2.45, 2.75) is 26.3 Å². The van der Waals surface area contributed by atoms with Crippen molar-refractivity contribution in [2.24, 2.45) is 5.73 Å². The van der Waals surface area contributed by atoms with Gasteiger partial charge in [-0.05, 0) is 31.0 Å². The first-order valence-electron chi connectivity index (χ1n) is 5.19. The Kier molecular flexibility index (Phi) is 3.96. The molecule has 0 fully saturated rings. The third-order valence-electron chi connectivity index (χ3n) is 2.35. The molecule has 0 bridgehead atoms. The molecule has 0 aliphatic heterocycles. The first-order chi connectivity index (χ1) is 6.63. The van der Waals surface area contributed by atoms with Crippen molar-refractivity contribution in [3.05, 3.63) is 29.8 Å². The molecule has 0 saturated carbocycles. The van der Waals surface area contributed by atoms with E-state index in [1.54, 1.807) is 0 Å². The van der Waals surface area contributed by atoms with E-state index in [-0.39, 0.29) is 6.04 Å². The Balaban J connectivity index is 2.66. The SMILES string of the molecule is CCc1ccc(N(C)C[C@H](C)N)cc1. The van der Waals surface area contributed by atoms with Crippen LogP contribution in [0, 0.1) is 0 Å². The van der Waals surface area contributed by atoms with E-state index in [9.17, 15) is 0 Å². The van der Waals surface area contributed by atoms with Crippen LogP contribution in [0.15, 0.2) is 24.3 Å². The second-order valence-electron chi connectivity index (χ2n) is 3.88.